The molecule has 1 nitrogen and oxygen atoms in total. The topological polar surface area (TPSA) is 9.23 Å². The Morgan fingerprint density at radius 3 is 2.35 bits per heavy atom. The third kappa shape index (κ3) is 2.45. The normalized spacial score (nSPS) is 13.4. The zero-order valence-electron chi connectivity index (χ0n) is 9.59. The van der Waals surface area contributed by atoms with Gasteiger partial charge in [0.25, 0.3) is 0 Å². The summed E-state index contributed by atoms with van der Waals surface area (Å²) < 4.78 is 44.0. The maximum absolute atomic E-state index is 12.8. The highest BCUT2D eigenvalue weighted by Crippen LogP contribution is 2.50. The molecule has 0 saturated carbocycles. The number of rotatable bonds is 0. The second-order valence-electron chi connectivity index (χ2n) is 4.07. The number of benzene rings is 2. The Balaban J connectivity index is 2.09. The molecule has 7 heteroatoms. The summed E-state index contributed by atoms with van der Waals surface area (Å²) in [5.41, 5.74) is -0.869. The average Bonchev–Trinajstić information content (AvgIpc) is 2.34. The lowest BCUT2D eigenvalue weighted by molar-refractivity contribution is -0.137. The van der Waals surface area contributed by atoms with Crippen molar-refractivity contribution in [1.82, 2.24) is 0 Å². The summed E-state index contributed by atoms with van der Waals surface area (Å²) in [6.45, 7) is 0. The van der Waals surface area contributed by atoms with Gasteiger partial charge in [0.05, 0.1) is 20.4 Å². The third-order valence-electron chi connectivity index (χ3n) is 2.68. The highest BCUT2D eigenvalue weighted by Gasteiger charge is 2.35. The van der Waals surface area contributed by atoms with Crippen LogP contribution in [-0.4, -0.2) is 0 Å². The first kappa shape index (κ1) is 13.9. The first-order valence-electron chi connectivity index (χ1n) is 5.40. The summed E-state index contributed by atoms with van der Waals surface area (Å²) in [4.78, 5) is 1.08. The summed E-state index contributed by atoms with van der Waals surface area (Å²) >= 11 is 12.7. The Kier molecular flexibility index (Phi) is 3.31. The second-order valence-corrected chi connectivity index (χ2v) is 6.00. The van der Waals surface area contributed by atoms with E-state index in [0.717, 1.165) is 6.07 Å². The van der Waals surface area contributed by atoms with Crippen molar-refractivity contribution in [2.75, 3.05) is 0 Å². The van der Waals surface area contributed by atoms with E-state index in [1.807, 2.05) is 0 Å². The van der Waals surface area contributed by atoms with Crippen LogP contribution in [0.25, 0.3) is 0 Å². The lowest BCUT2D eigenvalue weighted by Gasteiger charge is -2.21. The molecule has 0 unspecified atom stereocenters. The van der Waals surface area contributed by atoms with Crippen LogP contribution < -0.4 is 4.74 Å². The van der Waals surface area contributed by atoms with E-state index in [0.29, 0.717) is 26.3 Å². The van der Waals surface area contributed by atoms with Crippen LogP contribution in [0, 0.1) is 0 Å². The Bertz CT molecular complexity index is 701. The monoisotopic (exact) mass is 336 g/mol. The molecule has 0 atom stereocenters. The van der Waals surface area contributed by atoms with E-state index >= 15 is 0 Å². The fraction of sp³-hybridized carbons (Fsp3) is 0.0769. The van der Waals surface area contributed by atoms with Gasteiger partial charge in [0.2, 0.25) is 0 Å². The van der Waals surface area contributed by atoms with Gasteiger partial charge in [-0.2, -0.15) is 13.2 Å². The van der Waals surface area contributed by atoms with Gasteiger partial charge in [-0.15, -0.1) is 0 Å². The average molecular weight is 337 g/mol. The smallest absolute Gasteiger partial charge is 0.417 e. The largest absolute Gasteiger partial charge is 0.455 e. The predicted molar refractivity (Wildman–Crippen MR) is 72.1 cm³/mol. The van der Waals surface area contributed by atoms with Crippen LogP contribution in [0.15, 0.2) is 40.1 Å². The number of fused-ring (bicyclic) bond motifs is 2. The molecule has 2 aromatic rings. The van der Waals surface area contributed by atoms with E-state index in [2.05, 4.69) is 0 Å². The van der Waals surface area contributed by atoms with Gasteiger partial charge in [0, 0.05) is 17.2 Å². The molecule has 0 aliphatic carbocycles. The zero-order valence-corrected chi connectivity index (χ0v) is 11.9. The van der Waals surface area contributed by atoms with E-state index < -0.39 is 11.7 Å². The van der Waals surface area contributed by atoms with Crippen molar-refractivity contribution in [2.24, 2.45) is 0 Å². The van der Waals surface area contributed by atoms with Crippen molar-refractivity contribution in [3.63, 3.8) is 0 Å². The maximum Gasteiger partial charge on any atom is 0.417 e. The highest BCUT2D eigenvalue weighted by atomic mass is 35.5. The lowest BCUT2D eigenvalue weighted by Crippen LogP contribution is -2.07. The molecular formula is C13H5Cl2F3OS. The minimum absolute atomic E-state index is 0.294. The SMILES string of the molecule is FC(F)(F)c1cc2c(cc1Cl)Oc1cc(Cl)ccc1S2. The minimum atomic E-state index is -4.49. The van der Waals surface area contributed by atoms with Gasteiger partial charge in [-0.1, -0.05) is 35.0 Å². The first-order chi connectivity index (χ1) is 9.34. The molecule has 0 fully saturated rings. The molecule has 0 radical (unpaired) electrons. The van der Waals surface area contributed by atoms with E-state index in [4.69, 9.17) is 27.9 Å². The van der Waals surface area contributed by atoms with Crippen LogP contribution in [0.3, 0.4) is 0 Å². The zero-order chi connectivity index (χ0) is 14.5. The van der Waals surface area contributed by atoms with Crippen molar-refractivity contribution in [1.29, 1.82) is 0 Å². The Morgan fingerprint density at radius 1 is 0.950 bits per heavy atom. The molecule has 1 aliphatic heterocycles. The summed E-state index contributed by atoms with van der Waals surface area (Å²) in [5, 5.41) is 0.105. The van der Waals surface area contributed by atoms with Crippen LogP contribution >= 0.6 is 35.0 Å². The first-order valence-corrected chi connectivity index (χ1v) is 6.98. The summed E-state index contributed by atoms with van der Waals surface area (Å²) in [5.74, 6) is 0.800. The van der Waals surface area contributed by atoms with E-state index in [9.17, 15) is 13.2 Å². The van der Waals surface area contributed by atoms with Gasteiger partial charge < -0.3 is 4.74 Å². The van der Waals surface area contributed by atoms with Crippen LogP contribution in [0.4, 0.5) is 13.2 Å². The van der Waals surface area contributed by atoms with Gasteiger partial charge in [-0.05, 0) is 18.2 Å². The fourth-order valence-electron chi connectivity index (χ4n) is 1.79. The van der Waals surface area contributed by atoms with Crippen molar-refractivity contribution < 1.29 is 17.9 Å². The fourth-order valence-corrected chi connectivity index (χ4v) is 3.17. The number of alkyl halides is 3. The molecule has 0 spiro atoms. The van der Waals surface area contributed by atoms with Crippen LogP contribution in [-0.2, 0) is 6.18 Å². The van der Waals surface area contributed by atoms with E-state index in [-0.39, 0.29) is 5.02 Å². The summed E-state index contributed by atoms with van der Waals surface area (Å²) in [6, 6.07) is 7.14. The molecule has 0 aromatic heterocycles. The van der Waals surface area contributed by atoms with Crippen LogP contribution in [0.2, 0.25) is 10.0 Å². The molecule has 0 bridgehead atoms. The summed E-state index contributed by atoms with van der Waals surface area (Å²) in [7, 11) is 0. The molecule has 1 heterocycles. The third-order valence-corrected chi connectivity index (χ3v) is 4.33. The molecule has 20 heavy (non-hydrogen) atoms. The molecule has 0 amide bonds. The van der Waals surface area contributed by atoms with Crippen molar-refractivity contribution >= 4 is 35.0 Å². The predicted octanol–water partition coefficient (Wildman–Crippen LogP) is 6.27. The van der Waals surface area contributed by atoms with Gasteiger partial charge in [0.1, 0.15) is 11.5 Å². The van der Waals surface area contributed by atoms with Gasteiger partial charge in [-0.3, -0.25) is 0 Å². The lowest BCUT2D eigenvalue weighted by atomic mass is 10.2. The molecule has 1 aliphatic rings. The van der Waals surface area contributed by atoms with Crippen LogP contribution in [0.1, 0.15) is 5.56 Å². The van der Waals surface area contributed by atoms with Crippen molar-refractivity contribution in [2.45, 2.75) is 16.0 Å². The van der Waals surface area contributed by atoms with Gasteiger partial charge >= 0.3 is 6.18 Å². The molecule has 3 rings (SSSR count). The number of halogens is 5. The minimum Gasteiger partial charge on any atom is -0.455 e. The number of ether oxygens (including phenoxy) is 1. The maximum atomic E-state index is 12.8. The Labute approximate surface area is 126 Å². The Hall–Kier alpha value is -1.04. The van der Waals surface area contributed by atoms with Crippen LogP contribution in [0.5, 0.6) is 11.5 Å². The summed E-state index contributed by atoms with van der Waals surface area (Å²) in [6.07, 6.45) is -4.49. The molecular weight excluding hydrogens is 332 g/mol. The van der Waals surface area contributed by atoms with Crippen molar-refractivity contribution in [3.05, 3.63) is 45.9 Å². The molecule has 0 saturated heterocycles. The van der Waals surface area contributed by atoms with E-state index in [1.165, 1.54) is 17.8 Å². The molecule has 0 N–H and O–H groups in total. The number of hydrogen-bond acceptors (Lipinski definition) is 2. The van der Waals surface area contributed by atoms with Gasteiger partial charge in [-0.25, -0.2) is 0 Å². The number of hydrogen-bond donors (Lipinski definition) is 0. The van der Waals surface area contributed by atoms with Crippen molar-refractivity contribution in [3.8, 4) is 11.5 Å². The quantitative estimate of drug-likeness (QED) is 0.478. The highest BCUT2D eigenvalue weighted by molar-refractivity contribution is 7.99. The van der Waals surface area contributed by atoms with Gasteiger partial charge in [0.15, 0.2) is 0 Å². The standard InChI is InChI=1S/C13H5Cl2F3OS/c14-6-1-2-11-9(3-6)19-10-5-8(15)7(13(16,17)18)4-12(10)20-11/h1-5H. The molecule has 104 valence electrons. The van der Waals surface area contributed by atoms with E-state index in [1.54, 1.807) is 18.2 Å². The molecule has 2 aromatic carbocycles. The second kappa shape index (κ2) is 4.76. The Morgan fingerprint density at radius 2 is 1.65 bits per heavy atom.